The molecule has 5 atom stereocenters. The Kier molecular flexibility index (Phi) is 6.80. The van der Waals surface area contributed by atoms with Crippen LogP contribution < -0.4 is 4.90 Å². The lowest BCUT2D eigenvalue weighted by Crippen LogP contribution is -2.55. The molecule has 4 fully saturated rings. The first-order chi connectivity index (χ1) is 20.2. The highest BCUT2D eigenvalue weighted by Gasteiger charge is 2.71. The predicted molar refractivity (Wildman–Crippen MR) is 163 cm³/mol. The van der Waals surface area contributed by atoms with Gasteiger partial charge in [0, 0.05) is 12.0 Å². The van der Waals surface area contributed by atoms with E-state index < -0.39 is 29.7 Å². The van der Waals surface area contributed by atoms with Crippen LogP contribution >= 0.6 is 0 Å². The minimum atomic E-state index is -0.667. The van der Waals surface area contributed by atoms with Gasteiger partial charge in [-0.3, -0.25) is 14.5 Å². The summed E-state index contributed by atoms with van der Waals surface area (Å²) in [6.45, 7) is 8.92. The van der Waals surface area contributed by atoms with Crippen molar-refractivity contribution in [2.45, 2.75) is 89.9 Å². The zero-order valence-electron chi connectivity index (χ0n) is 25.3. The van der Waals surface area contributed by atoms with Crippen LogP contribution in [-0.2, 0) is 30.1 Å². The van der Waals surface area contributed by atoms with E-state index in [0.29, 0.717) is 18.7 Å². The van der Waals surface area contributed by atoms with Crippen molar-refractivity contribution in [2.24, 2.45) is 23.2 Å². The quantitative estimate of drug-likeness (QED) is 0.312. The number of hydrogen-bond acceptors (Lipinski definition) is 5. The highest BCUT2D eigenvalue weighted by molar-refractivity contribution is 6.55. The first-order valence-electron chi connectivity index (χ1n) is 15.8. The lowest BCUT2D eigenvalue weighted by atomic mass is 9.44. The minimum Gasteiger partial charge on any atom is -0.400 e. The zero-order chi connectivity index (χ0) is 29.3. The Balaban J connectivity index is 1.40. The minimum absolute atomic E-state index is 0.0175. The number of fused-ring (bicyclic) bond motifs is 4. The van der Waals surface area contributed by atoms with Gasteiger partial charge in [0.15, 0.2) is 0 Å². The maximum atomic E-state index is 14.8. The van der Waals surface area contributed by atoms with Crippen molar-refractivity contribution < 1.29 is 23.6 Å². The number of para-hydroxylation sites is 1. The second kappa shape index (κ2) is 10.2. The number of carbonyl (C=O) groups excluding carboxylic acids is 2. The van der Waals surface area contributed by atoms with Gasteiger partial charge in [0.25, 0.3) is 0 Å². The Morgan fingerprint density at radius 2 is 1.55 bits per heavy atom. The lowest BCUT2D eigenvalue weighted by Gasteiger charge is -2.51. The van der Waals surface area contributed by atoms with Crippen LogP contribution in [0.25, 0.3) is 0 Å². The molecule has 3 saturated heterocycles. The maximum Gasteiger partial charge on any atom is 0.491 e. The summed E-state index contributed by atoms with van der Waals surface area (Å²) in [5.41, 5.74) is 2.63. The first kappa shape index (κ1) is 28.1. The van der Waals surface area contributed by atoms with Gasteiger partial charge in [0.05, 0.1) is 34.8 Å². The third-order valence-corrected chi connectivity index (χ3v) is 11.3. The van der Waals surface area contributed by atoms with Crippen LogP contribution in [0.1, 0.15) is 71.8 Å². The second-order valence-corrected chi connectivity index (χ2v) is 13.9. The number of carbonyl (C=O) groups is 2. The standard InChI is InChI=1S/C35H42BNO5/c1-33(2)34(3,4)42-36(41-33)30-26-18-12-11-17-25(26)28-29(32(39)37(31(28)38)24-15-9-6-10-16-24)35(30)21-22-40-27(35)20-19-23-13-7-5-8-14-23/h5-10,13-16,25,27-29H,11-12,17-22H2,1-4H3/t25-,27+,28-,29+,35+/m0/s1. The van der Waals surface area contributed by atoms with Crippen molar-refractivity contribution in [3.05, 3.63) is 77.3 Å². The van der Waals surface area contributed by atoms with Crippen LogP contribution in [0.2, 0.25) is 0 Å². The molecule has 7 heteroatoms. The van der Waals surface area contributed by atoms with E-state index >= 15 is 0 Å². The number of ether oxygens (including phenoxy) is 1. The number of nitrogens with zero attached hydrogens (tertiary/aromatic N) is 1. The third-order valence-electron chi connectivity index (χ3n) is 11.3. The number of rotatable bonds is 5. The molecule has 5 aliphatic rings. The van der Waals surface area contributed by atoms with Crippen molar-refractivity contribution in [1.29, 1.82) is 0 Å². The Hall–Kier alpha value is -2.74. The number of hydrogen-bond donors (Lipinski definition) is 0. The zero-order valence-corrected chi connectivity index (χ0v) is 25.3. The van der Waals surface area contributed by atoms with E-state index in [4.69, 9.17) is 14.0 Å². The SMILES string of the molecule is CC1(C)OB(C2=C3CCCC[C@@H]3[C@@H]3C(=O)N(c4ccccc4)C(=O)[C@@H]3[C@]23CCO[C@@H]3CCc2ccccc2)OC1(C)C. The molecule has 0 N–H and O–H groups in total. The highest BCUT2D eigenvalue weighted by atomic mass is 16.7. The number of aryl methyl sites for hydroxylation is 1. The molecular weight excluding hydrogens is 525 g/mol. The molecule has 0 bridgehead atoms. The number of allylic oxidation sites excluding steroid dienone is 1. The largest absolute Gasteiger partial charge is 0.491 e. The molecule has 6 nitrogen and oxygen atoms in total. The van der Waals surface area contributed by atoms with Gasteiger partial charge in [-0.2, -0.15) is 0 Å². The van der Waals surface area contributed by atoms with Crippen molar-refractivity contribution in [2.75, 3.05) is 11.5 Å². The molecule has 7 rings (SSSR count). The summed E-state index contributed by atoms with van der Waals surface area (Å²) in [7, 11) is -0.568. The summed E-state index contributed by atoms with van der Waals surface area (Å²) in [4.78, 5) is 30.7. The Bertz CT molecular complexity index is 1390. The smallest absolute Gasteiger partial charge is 0.400 e. The Morgan fingerprint density at radius 1 is 0.881 bits per heavy atom. The van der Waals surface area contributed by atoms with Crippen LogP contribution in [0, 0.1) is 23.2 Å². The third kappa shape index (κ3) is 4.10. The van der Waals surface area contributed by atoms with Crippen LogP contribution in [0.4, 0.5) is 5.69 Å². The average molecular weight is 568 g/mol. The van der Waals surface area contributed by atoms with E-state index in [1.54, 1.807) is 0 Å². The topological polar surface area (TPSA) is 65.1 Å². The summed E-state index contributed by atoms with van der Waals surface area (Å²) in [5, 5.41) is 0. The highest BCUT2D eigenvalue weighted by Crippen LogP contribution is 2.64. The molecule has 3 aliphatic heterocycles. The van der Waals surface area contributed by atoms with Crippen LogP contribution in [0.3, 0.4) is 0 Å². The predicted octanol–water partition coefficient (Wildman–Crippen LogP) is 6.33. The van der Waals surface area contributed by atoms with Gasteiger partial charge in [-0.1, -0.05) is 60.5 Å². The van der Waals surface area contributed by atoms with Gasteiger partial charge in [-0.25, -0.2) is 0 Å². The first-order valence-corrected chi connectivity index (χ1v) is 15.8. The lowest BCUT2D eigenvalue weighted by molar-refractivity contribution is -0.128. The molecule has 220 valence electrons. The number of amides is 2. The fraction of sp³-hybridized carbons (Fsp3) is 0.543. The molecule has 0 unspecified atom stereocenters. The molecule has 0 aromatic heterocycles. The van der Waals surface area contributed by atoms with Crippen molar-refractivity contribution >= 4 is 24.6 Å². The Labute approximate surface area is 249 Å². The van der Waals surface area contributed by atoms with Crippen molar-refractivity contribution in [1.82, 2.24) is 0 Å². The van der Waals surface area contributed by atoms with Crippen molar-refractivity contribution in [3.63, 3.8) is 0 Å². The Morgan fingerprint density at radius 3 is 2.24 bits per heavy atom. The molecule has 1 spiro atoms. The maximum absolute atomic E-state index is 14.8. The van der Waals surface area contributed by atoms with Crippen molar-refractivity contribution in [3.8, 4) is 0 Å². The molecule has 1 saturated carbocycles. The number of imide groups is 1. The summed E-state index contributed by atoms with van der Waals surface area (Å²) < 4.78 is 20.3. The average Bonchev–Trinajstić information content (AvgIpc) is 3.57. The van der Waals surface area contributed by atoms with Gasteiger partial charge >= 0.3 is 7.12 Å². The summed E-state index contributed by atoms with van der Waals surface area (Å²) in [5.74, 6) is -1.02. The van der Waals surface area contributed by atoms with Gasteiger partial charge in [-0.15, -0.1) is 0 Å². The van der Waals surface area contributed by atoms with E-state index in [9.17, 15) is 9.59 Å². The monoisotopic (exact) mass is 567 g/mol. The molecule has 2 aromatic rings. The summed E-state index contributed by atoms with van der Waals surface area (Å²) in [6.07, 6.45) is 6.02. The number of benzene rings is 2. The molecular formula is C35H42BNO5. The van der Waals surface area contributed by atoms with E-state index in [1.165, 1.54) is 16.0 Å². The molecule has 2 aromatic carbocycles. The van der Waals surface area contributed by atoms with E-state index in [-0.39, 0.29) is 29.8 Å². The summed E-state index contributed by atoms with van der Waals surface area (Å²) in [6, 6.07) is 19.9. The van der Waals surface area contributed by atoms with E-state index in [1.807, 2.05) is 36.4 Å². The van der Waals surface area contributed by atoms with Crippen LogP contribution in [-0.4, -0.2) is 42.8 Å². The number of anilines is 1. The van der Waals surface area contributed by atoms with Gasteiger partial charge in [0.2, 0.25) is 11.8 Å². The van der Waals surface area contributed by atoms with E-state index in [0.717, 1.165) is 44.0 Å². The fourth-order valence-corrected chi connectivity index (χ4v) is 8.66. The van der Waals surface area contributed by atoms with Gasteiger partial charge in [-0.05, 0) is 95.3 Å². The second-order valence-electron chi connectivity index (χ2n) is 13.9. The molecule has 3 heterocycles. The van der Waals surface area contributed by atoms with Crippen LogP contribution in [0.15, 0.2) is 71.7 Å². The van der Waals surface area contributed by atoms with Gasteiger partial charge < -0.3 is 14.0 Å². The molecule has 2 aliphatic carbocycles. The van der Waals surface area contributed by atoms with Gasteiger partial charge in [0.1, 0.15) is 0 Å². The van der Waals surface area contributed by atoms with E-state index in [2.05, 4.69) is 52.0 Å². The normalized spacial score (nSPS) is 33.4. The molecule has 42 heavy (non-hydrogen) atoms. The molecule has 0 radical (unpaired) electrons. The summed E-state index contributed by atoms with van der Waals surface area (Å²) >= 11 is 0. The molecule has 2 amide bonds. The van der Waals surface area contributed by atoms with Crippen LogP contribution in [0.5, 0.6) is 0 Å². The fourth-order valence-electron chi connectivity index (χ4n) is 8.66.